The molecule has 0 aromatic carbocycles. The maximum Gasteiger partial charge on any atom is -0.0280 e. The standard InChI is InChI=1S/C15H28/c1-7-10-14(15(4,5)6)12-11-13(8-2)9-3/h8-9,14H,2,7,10-12H2,1,3-6H3/b13-9+. The average Bonchev–Trinajstić information content (AvgIpc) is 2.16. The first kappa shape index (κ1) is 14.5. The van der Waals surface area contributed by atoms with E-state index >= 15 is 0 Å². The van der Waals surface area contributed by atoms with Crippen LogP contribution in [0.3, 0.4) is 0 Å². The molecule has 0 heteroatoms. The molecule has 15 heavy (non-hydrogen) atoms. The largest absolute Gasteiger partial charge is 0.0988 e. The van der Waals surface area contributed by atoms with Crippen LogP contribution in [0.4, 0.5) is 0 Å². The first-order chi connectivity index (χ1) is 6.95. The van der Waals surface area contributed by atoms with Crippen LogP contribution in [0.2, 0.25) is 0 Å². The van der Waals surface area contributed by atoms with Crippen LogP contribution >= 0.6 is 0 Å². The Kier molecular flexibility index (Phi) is 6.63. The number of hydrogen-bond donors (Lipinski definition) is 0. The summed E-state index contributed by atoms with van der Waals surface area (Å²) in [6.45, 7) is 15.3. The molecule has 0 saturated heterocycles. The third-order valence-corrected chi connectivity index (χ3v) is 3.28. The molecule has 0 aromatic heterocycles. The number of hydrogen-bond acceptors (Lipinski definition) is 0. The zero-order valence-corrected chi connectivity index (χ0v) is 11.3. The van der Waals surface area contributed by atoms with Crippen molar-refractivity contribution < 1.29 is 0 Å². The second-order valence-electron chi connectivity index (χ2n) is 5.46. The third-order valence-electron chi connectivity index (χ3n) is 3.28. The van der Waals surface area contributed by atoms with Gasteiger partial charge in [-0.1, -0.05) is 64.8 Å². The highest BCUT2D eigenvalue weighted by atomic mass is 14.3. The van der Waals surface area contributed by atoms with Gasteiger partial charge in [-0.05, 0) is 31.1 Å². The van der Waals surface area contributed by atoms with Gasteiger partial charge in [0.15, 0.2) is 0 Å². The summed E-state index contributed by atoms with van der Waals surface area (Å²) in [5.74, 6) is 0.831. The molecule has 0 aromatic rings. The molecule has 0 fully saturated rings. The molecule has 0 bridgehead atoms. The van der Waals surface area contributed by atoms with E-state index in [1.807, 2.05) is 6.08 Å². The van der Waals surface area contributed by atoms with Gasteiger partial charge in [0.1, 0.15) is 0 Å². The smallest absolute Gasteiger partial charge is 0.0280 e. The predicted molar refractivity (Wildman–Crippen MR) is 71.0 cm³/mol. The fourth-order valence-corrected chi connectivity index (χ4v) is 2.06. The minimum Gasteiger partial charge on any atom is -0.0988 e. The molecule has 0 N–H and O–H groups in total. The van der Waals surface area contributed by atoms with Gasteiger partial charge < -0.3 is 0 Å². The summed E-state index contributed by atoms with van der Waals surface area (Å²) in [6.07, 6.45) is 9.29. The van der Waals surface area contributed by atoms with Crippen molar-refractivity contribution in [1.29, 1.82) is 0 Å². The molecule has 0 amide bonds. The fraction of sp³-hybridized carbons (Fsp3) is 0.733. The normalized spacial score (nSPS) is 15.1. The highest BCUT2D eigenvalue weighted by Crippen LogP contribution is 2.34. The third kappa shape index (κ3) is 5.81. The van der Waals surface area contributed by atoms with Gasteiger partial charge in [0, 0.05) is 0 Å². The molecule has 0 aliphatic rings. The van der Waals surface area contributed by atoms with Crippen LogP contribution in [0.25, 0.3) is 0 Å². The van der Waals surface area contributed by atoms with Crippen LogP contribution in [0.5, 0.6) is 0 Å². The molecule has 0 nitrogen and oxygen atoms in total. The van der Waals surface area contributed by atoms with Gasteiger partial charge in [-0.25, -0.2) is 0 Å². The summed E-state index contributed by atoms with van der Waals surface area (Å²) < 4.78 is 0. The second kappa shape index (κ2) is 6.87. The van der Waals surface area contributed by atoms with Crippen LogP contribution in [0.1, 0.15) is 60.3 Å². The van der Waals surface area contributed by atoms with Crippen molar-refractivity contribution in [3.63, 3.8) is 0 Å². The highest BCUT2D eigenvalue weighted by molar-refractivity contribution is 5.14. The summed E-state index contributed by atoms with van der Waals surface area (Å²) in [6, 6.07) is 0. The summed E-state index contributed by atoms with van der Waals surface area (Å²) in [7, 11) is 0. The monoisotopic (exact) mass is 208 g/mol. The van der Waals surface area contributed by atoms with E-state index in [1.54, 1.807) is 0 Å². The molecule has 0 rings (SSSR count). The Hall–Kier alpha value is -0.520. The molecule has 1 atom stereocenters. The van der Waals surface area contributed by atoms with Crippen molar-refractivity contribution in [2.45, 2.75) is 60.3 Å². The quantitative estimate of drug-likeness (QED) is 0.515. The van der Waals surface area contributed by atoms with E-state index in [2.05, 4.69) is 47.3 Å². The molecular weight excluding hydrogens is 180 g/mol. The Morgan fingerprint density at radius 1 is 1.27 bits per heavy atom. The lowest BCUT2D eigenvalue weighted by Gasteiger charge is -2.30. The van der Waals surface area contributed by atoms with Crippen LogP contribution in [0, 0.1) is 11.3 Å². The predicted octanol–water partition coefficient (Wildman–Crippen LogP) is 5.36. The first-order valence-corrected chi connectivity index (χ1v) is 6.23. The van der Waals surface area contributed by atoms with Crippen molar-refractivity contribution in [2.75, 3.05) is 0 Å². The molecule has 0 aliphatic carbocycles. The van der Waals surface area contributed by atoms with Gasteiger partial charge in [0.25, 0.3) is 0 Å². The topological polar surface area (TPSA) is 0 Å². The summed E-state index contributed by atoms with van der Waals surface area (Å²) in [4.78, 5) is 0. The van der Waals surface area contributed by atoms with E-state index < -0.39 is 0 Å². The van der Waals surface area contributed by atoms with Gasteiger partial charge in [-0.15, -0.1) is 0 Å². The van der Waals surface area contributed by atoms with Crippen LogP contribution < -0.4 is 0 Å². The average molecular weight is 208 g/mol. The van der Waals surface area contributed by atoms with Crippen molar-refractivity contribution in [3.8, 4) is 0 Å². The van der Waals surface area contributed by atoms with Gasteiger partial charge >= 0.3 is 0 Å². The Morgan fingerprint density at radius 3 is 2.20 bits per heavy atom. The fourth-order valence-electron chi connectivity index (χ4n) is 2.06. The molecule has 0 radical (unpaired) electrons. The molecule has 0 heterocycles. The summed E-state index contributed by atoms with van der Waals surface area (Å²) in [5.41, 5.74) is 1.83. The van der Waals surface area contributed by atoms with E-state index in [-0.39, 0.29) is 0 Å². The molecule has 0 aliphatic heterocycles. The van der Waals surface area contributed by atoms with Crippen LogP contribution in [0.15, 0.2) is 24.3 Å². The van der Waals surface area contributed by atoms with E-state index in [9.17, 15) is 0 Å². The lowest BCUT2D eigenvalue weighted by molar-refractivity contribution is 0.211. The second-order valence-corrected chi connectivity index (χ2v) is 5.46. The van der Waals surface area contributed by atoms with Crippen LogP contribution in [-0.2, 0) is 0 Å². The number of allylic oxidation sites excluding steroid dienone is 3. The van der Waals surface area contributed by atoms with Crippen molar-refractivity contribution in [3.05, 3.63) is 24.3 Å². The SMILES string of the molecule is C=C/C(=C\C)CCC(CCC)C(C)(C)C. The maximum atomic E-state index is 3.85. The van der Waals surface area contributed by atoms with E-state index in [0.29, 0.717) is 5.41 Å². The lowest BCUT2D eigenvalue weighted by Crippen LogP contribution is -2.20. The molecule has 88 valence electrons. The first-order valence-electron chi connectivity index (χ1n) is 6.23. The van der Waals surface area contributed by atoms with Gasteiger partial charge in [0.2, 0.25) is 0 Å². The maximum absolute atomic E-state index is 3.85. The minimum atomic E-state index is 0.441. The molecule has 0 spiro atoms. The summed E-state index contributed by atoms with van der Waals surface area (Å²) >= 11 is 0. The van der Waals surface area contributed by atoms with E-state index in [4.69, 9.17) is 0 Å². The van der Waals surface area contributed by atoms with E-state index in [0.717, 1.165) is 5.92 Å². The van der Waals surface area contributed by atoms with Crippen molar-refractivity contribution >= 4 is 0 Å². The zero-order chi connectivity index (χ0) is 11.9. The van der Waals surface area contributed by atoms with Crippen molar-refractivity contribution in [2.24, 2.45) is 11.3 Å². The van der Waals surface area contributed by atoms with Gasteiger partial charge in [-0.2, -0.15) is 0 Å². The number of rotatable bonds is 6. The molecule has 0 saturated carbocycles. The Bertz CT molecular complexity index is 203. The zero-order valence-electron chi connectivity index (χ0n) is 11.3. The lowest BCUT2D eigenvalue weighted by atomic mass is 9.75. The minimum absolute atomic E-state index is 0.441. The Balaban J connectivity index is 4.24. The summed E-state index contributed by atoms with van der Waals surface area (Å²) in [5, 5.41) is 0. The Labute approximate surface area is 96.5 Å². The van der Waals surface area contributed by atoms with E-state index in [1.165, 1.54) is 31.3 Å². The molecular formula is C15H28. The van der Waals surface area contributed by atoms with Gasteiger partial charge in [-0.3, -0.25) is 0 Å². The van der Waals surface area contributed by atoms with Crippen molar-refractivity contribution in [1.82, 2.24) is 0 Å². The molecule has 1 unspecified atom stereocenters. The van der Waals surface area contributed by atoms with Crippen LogP contribution in [-0.4, -0.2) is 0 Å². The highest BCUT2D eigenvalue weighted by Gasteiger charge is 2.23. The van der Waals surface area contributed by atoms with Gasteiger partial charge in [0.05, 0.1) is 0 Å². The Morgan fingerprint density at radius 2 is 1.87 bits per heavy atom.